The predicted octanol–water partition coefficient (Wildman–Crippen LogP) is 6.72. The molecule has 0 atom stereocenters. The molecule has 42 heavy (non-hydrogen) atoms. The van der Waals surface area contributed by atoms with Gasteiger partial charge in [0.2, 0.25) is 5.95 Å². The Morgan fingerprint density at radius 2 is 1.83 bits per heavy atom. The molecule has 0 spiro atoms. The smallest absolute Gasteiger partial charge is 0.229 e. The lowest BCUT2D eigenvalue weighted by atomic mass is 9.86. The Hall–Kier alpha value is -2.92. The first-order valence-corrected chi connectivity index (χ1v) is 16.4. The van der Waals surface area contributed by atoms with Gasteiger partial charge in [0.05, 0.1) is 41.4 Å². The minimum absolute atomic E-state index is 0.188. The number of aryl methyl sites for hydroxylation is 1. The molecule has 2 heterocycles. The van der Waals surface area contributed by atoms with Crippen molar-refractivity contribution in [2.75, 3.05) is 50.6 Å². The van der Waals surface area contributed by atoms with Crippen LogP contribution in [0.3, 0.4) is 0 Å². The van der Waals surface area contributed by atoms with Gasteiger partial charge < -0.3 is 25.0 Å². The molecule has 2 N–H and O–H groups in total. The van der Waals surface area contributed by atoms with E-state index < -0.39 is 15.1 Å². The van der Waals surface area contributed by atoms with Gasteiger partial charge in [-0.3, -0.25) is 0 Å². The summed E-state index contributed by atoms with van der Waals surface area (Å²) in [5.41, 5.74) is 3.60. The van der Waals surface area contributed by atoms with Gasteiger partial charge in [0.25, 0.3) is 0 Å². The number of ether oxygens (including phenoxy) is 2. The van der Waals surface area contributed by atoms with Crippen LogP contribution in [0.5, 0.6) is 5.75 Å². The van der Waals surface area contributed by atoms with Crippen LogP contribution in [0.25, 0.3) is 0 Å². The lowest BCUT2D eigenvalue weighted by Gasteiger charge is -2.33. The number of benzene rings is 2. The van der Waals surface area contributed by atoms with Gasteiger partial charge in [-0.05, 0) is 94.4 Å². The fourth-order valence-electron chi connectivity index (χ4n) is 5.15. The van der Waals surface area contributed by atoms with Crippen molar-refractivity contribution in [1.29, 1.82) is 0 Å². The van der Waals surface area contributed by atoms with E-state index in [9.17, 15) is 8.42 Å². The zero-order valence-corrected chi connectivity index (χ0v) is 26.7. The highest BCUT2D eigenvalue weighted by molar-refractivity contribution is 7.92. The highest BCUT2D eigenvalue weighted by atomic mass is 35.5. The molecule has 1 fully saturated rings. The largest absolute Gasteiger partial charge is 0.495 e. The van der Waals surface area contributed by atoms with Gasteiger partial charge in [-0.2, -0.15) is 4.98 Å². The van der Waals surface area contributed by atoms with E-state index in [0.717, 1.165) is 57.8 Å². The molecule has 0 bridgehead atoms. The number of hydrogen-bond donors (Lipinski definition) is 2. The molecule has 0 aliphatic carbocycles. The standard InChI is InChI=1S/C31H42ClN5O4S/c1-6-16-41-17-15-37-13-11-23(12-14-37)24-19-28(40-5)27(18-22(24)4)35-31-33-20-25(32)30(36-31)34-26-9-7-8-10-29(26)42(38,39)21(2)3/h7-10,18-21,23H,6,11-17H2,1-5H3,(H2,33,34,35,36). The van der Waals surface area contributed by atoms with Crippen LogP contribution in [0.2, 0.25) is 5.02 Å². The van der Waals surface area contributed by atoms with Gasteiger partial charge in [0.15, 0.2) is 15.7 Å². The Kier molecular flexibility index (Phi) is 11.1. The van der Waals surface area contributed by atoms with Crippen LogP contribution in [0.1, 0.15) is 57.1 Å². The monoisotopic (exact) mass is 615 g/mol. The van der Waals surface area contributed by atoms with E-state index in [0.29, 0.717) is 29.1 Å². The fourth-order valence-corrected chi connectivity index (χ4v) is 6.49. The molecule has 11 heteroatoms. The second-order valence-corrected chi connectivity index (χ2v) is 13.7. The number of nitrogens with zero attached hydrogens (tertiary/aromatic N) is 3. The molecule has 3 aromatic rings. The molecule has 1 aromatic heterocycles. The molecule has 1 aliphatic heterocycles. The summed E-state index contributed by atoms with van der Waals surface area (Å²) < 4.78 is 37.3. The van der Waals surface area contributed by atoms with Gasteiger partial charge in [0, 0.05) is 13.2 Å². The first kappa shape index (κ1) is 32.0. The summed E-state index contributed by atoms with van der Waals surface area (Å²) in [6.07, 6.45) is 4.71. The van der Waals surface area contributed by atoms with Crippen molar-refractivity contribution >= 4 is 44.6 Å². The number of hydrogen-bond acceptors (Lipinski definition) is 9. The Bertz CT molecular complexity index is 1460. The lowest BCUT2D eigenvalue weighted by Crippen LogP contribution is -2.35. The first-order chi connectivity index (χ1) is 20.1. The number of nitrogens with one attached hydrogen (secondary N) is 2. The normalized spacial score (nSPS) is 14.7. The Labute approximate surface area is 254 Å². The molecule has 0 saturated carbocycles. The van der Waals surface area contributed by atoms with E-state index in [4.69, 9.17) is 21.1 Å². The molecular weight excluding hydrogens is 574 g/mol. The van der Waals surface area contributed by atoms with E-state index in [1.807, 2.05) is 0 Å². The van der Waals surface area contributed by atoms with E-state index in [2.05, 4.69) is 51.5 Å². The van der Waals surface area contributed by atoms with Crippen molar-refractivity contribution in [2.45, 2.75) is 63.0 Å². The van der Waals surface area contributed by atoms with Crippen molar-refractivity contribution in [2.24, 2.45) is 0 Å². The van der Waals surface area contributed by atoms with Crippen LogP contribution in [0.4, 0.5) is 23.1 Å². The summed E-state index contributed by atoms with van der Waals surface area (Å²) in [4.78, 5) is 11.6. The third-order valence-corrected chi connectivity index (χ3v) is 10.1. The van der Waals surface area contributed by atoms with Crippen molar-refractivity contribution in [3.05, 3.63) is 58.7 Å². The number of methoxy groups -OCH3 is 1. The molecule has 0 amide bonds. The second-order valence-electron chi connectivity index (χ2n) is 10.9. The Morgan fingerprint density at radius 1 is 1.10 bits per heavy atom. The van der Waals surface area contributed by atoms with E-state index in [-0.39, 0.29) is 9.92 Å². The first-order valence-electron chi connectivity index (χ1n) is 14.5. The number of likely N-dealkylation sites (tertiary alicyclic amines) is 1. The maximum Gasteiger partial charge on any atom is 0.229 e. The number of anilines is 4. The van der Waals surface area contributed by atoms with Crippen LogP contribution in [0.15, 0.2) is 47.5 Å². The summed E-state index contributed by atoms with van der Waals surface area (Å²) in [7, 11) is -1.87. The van der Waals surface area contributed by atoms with Crippen molar-refractivity contribution in [3.8, 4) is 5.75 Å². The lowest BCUT2D eigenvalue weighted by molar-refractivity contribution is 0.0941. The van der Waals surface area contributed by atoms with Gasteiger partial charge in [-0.15, -0.1) is 0 Å². The number of halogens is 1. The average molecular weight is 616 g/mol. The number of aromatic nitrogens is 2. The maximum atomic E-state index is 12.9. The highest BCUT2D eigenvalue weighted by Crippen LogP contribution is 2.38. The number of piperidine rings is 1. The van der Waals surface area contributed by atoms with Crippen LogP contribution in [0, 0.1) is 6.92 Å². The molecule has 0 unspecified atom stereocenters. The Balaban J connectivity index is 1.50. The van der Waals surface area contributed by atoms with E-state index in [1.165, 1.54) is 17.3 Å². The minimum atomic E-state index is -3.53. The van der Waals surface area contributed by atoms with Crippen molar-refractivity contribution in [1.82, 2.24) is 14.9 Å². The number of para-hydroxylation sites is 1. The third-order valence-electron chi connectivity index (χ3n) is 7.57. The zero-order chi connectivity index (χ0) is 30.3. The zero-order valence-electron chi connectivity index (χ0n) is 25.1. The van der Waals surface area contributed by atoms with Crippen LogP contribution >= 0.6 is 11.6 Å². The summed E-state index contributed by atoms with van der Waals surface area (Å²) >= 11 is 6.42. The average Bonchev–Trinajstić information content (AvgIpc) is 2.98. The molecular formula is C31H42ClN5O4S. The van der Waals surface area contributed by atoms with Gasteiger partial charge >= 0.3 is 0 Å². The predicted molar refractivity (Wildman–Crippen MR) is 170 cm³/mol. The maximum absolute atomic E-state index is 12.9. The van der Waals surface area contributed by atoms with Crippen LogP contribution in [-0.2, 0) is 14.6 Å². The van der Waals surface area contributed by atoms with Crippen LogP contribution < -0.4 is 15.4 Å². The molecule has 9 nitrogen and oxygen atoms in total. The molecule has 1 aliphatic rings. The van der Waals surface area contributed by atoms with Gasteiger partial charge in [-0.1, -0.05) is 30.7 Å². The summed E-state index contributed by atoms with van der Waals surface area (Å²) in [5.74, 6) is 1.76. The van der Waals surface area contributed by atoms with Crippen LogP contribution in [-0.4, -0.2) is 68.5 Å². The molecule has 0 radical (unpaired) electrons. The van der Waals surface area contributed by atoms with Gasteiger partial charge in [-0.25, -0.2) is 13.4 Å². The van der Waals surface area contributed by atoms with E-state index in [1.54, 1.807) is 45.2 Å². The van der Waals surface area contributed by atoms with E-state index >= 15 is 0 Å². The molecule has 2 aromatic carbocycles. The number of sulfone groups is 1. The molecule has 4 rings (SSSR count). The summed E-state index contributed by atoms with van der Waals surface area (Å²) in [5, 5.41) is 6.05. The highest BCUT2D eigenvalue weighted by Gasteiger charge is 2.25. The topological polar surface area (TPSA) is 106 Å². The molecule has 1 saturated heterocycles. The van der Waals surface area contributed by atoms with Gasteiger partial charge in [0.1, 0.15) is 10.8 Å². The summed E-state index contributed by atoms with van der Waals surface area (Å²) in [6, 6.07) is 10.9. The minimum Gasteiger partial charge on any atom is -0.495 e. The third kappa shape index (κ3) is 7.72. The second kappa shape index (κ2) is 14.5. The Morgan fingerprint density at radius 3 is 2.52 bits per heavy atom. The summed E-state index contributed by atoms with van der Waals surface area (Å²) in [6.45, 7) is 12.3. The van der Waals surface area contributed by atoms with Crippen molar-refractivity contribution < 1.29 is 17.9 Å². The quantitative estimate of drug-likeness (QED) is 0.203. The number of rotatable bonds is 13. The molecule has 228 valence electrons. The fraction of sp³-hybridized carbons (Fsp3) is 0.484. The van der Waals surface area contributed by atoms with Crippen molar-refractivity contribution in [3.63, 3.8) is 0 Å². The SMILES string of the molecule is CCCOCCN1CCC(c2cc(OC)c(Nc3ncc(Cl)c(Nc4ccccc4S(=O)(=O)C(C)C)n3)cc2C)CC1.